The van der Waals surface area contributed by atoms with Crippen LogP contribution in [0.5, 0.6) is 11.5 Å². The van der Waals surface area contributed by atoms with Crippen LogP contribution < -0.4 is 20.2 Å². The second-order valence-electron chi connectivity index (χ2n) is 4.60. The van der Waals surface area contributed by atoms with Gasteiger partial charge >= 0.3 is 0 Å². The summed E-state index contributed by atoms with van der Waals surface area (Å²) >= 11 is 0. The normalized spacial score (nSPS) is 10.3. The van der Waals surface area contributed by atoms with Gasteiger partial charge in [-0.3, -0.25) is 4.79 Å². The number of amides is 1. The highest BCUT2D eigenvalue weighted by molar-refractivity contribution is 5.87. The Hall–Kier alpha value is -3.02. The second-order valence-corrected chi connectivity index (χ2v) is 4.60. The average molecular weight is 313 g/mol. The Labute approximate surface area is 135 Å². The molecule has 0 aromatic heterocycles. The summed E-state index contributed by atoms with van der Waals surface area (Å²) in [7, 11) is 3.12. The molecule has 0 bridgehead atoms. The standard InChI is InChI=1S/C17H19N3O3/c1-22-15-10-6-7-13(17(15)23-2)11-19-20-16(21)12-18-14-8-4-3-5-9-14/h3-11,18H,12H2,1-2H3,(H,20,21)/b19-11-. The summed E-state index contributed by atoms with van der Waals surface area (Å²) in [6.45, 7) is 0.136. The number of hydrazone groups is 1. The van der Waals surface area contributed by atoms with Crippen LogP contribution in [0.25, 0.3) is 0 Å². The maximum Gasteiger partial charge on any atom is 0.259 e. The first kappa shape index (κ1) is 16.4. The van der Waals surface area contributed by atoms with Crippen molar-refractivity contribution in [2.45, 2.75) is 0 Å². The third-order valence-corrected chi connectivity index (χ3v) is 3.05. The second kappa shape index (κ2) is 8.43. The van der Waals surface area contributed by atoms with Gasteiger partial charge in [0, 0.05) is 11.3 Å². The van der Waals surface area contributed by atoms with Crippen molar-refractivity contribution in [3.63, 3.8) is 0 Å². The number of benzene rings is 2. The van der Waals surface area contributed by atoms with E-state index in [1.165, 1.54) is 6.21 Å². The van der Waals surface area contributed by atoms with Gasteiger partial charge in [0.05, 0.1) is 27.0 Å². The summed E-state index contributed by atoms with van der Waals surface area (Å²) in [4.78, 5) is 11.7. The molecule has 0 aliphatic heterocycles. The molecule has 0 saturated carbocycles. The van der Waals surface area contributed by atoms with Gasteiger partial charge in [0.15, 0.2) is 11.5 Å². The Kier molecular flexibility index (Phi) is 5.99. The van der Waals surface area contributed by atoms with Crippen LogP contribution >= 0.6 is 0 Å². The Morgan fingerprint density at radius 2 is 1.87 bits per heavy atom. The molecule has 0 fully saturated rings. The molecule has 2 aromatic carbocycles. The predicted octanol–water partition coefficient (Wildman–Crippen LogP) is 2.27. The third-order valence-electron chi connectivity index (χ3n) is 3.05. The molecule has 120 valence electrons. The number of para-hydroxylation sites is 2. The number of carbonyl (C=O) groups is 1. The average Bonchev–Trinajstić information content (AvgIpc) is 2.60. The molecule has 6 nitrogen and oxygen atoms in total. The third kappa shape index (κ3) is 4.74. The van der Waals surface area contributed by atoms with Gasteiger partial charge in [-0.1, -0.05) is 24.3 Å². The van der Waals surface area contributed by atoms with Crippen molar-refractivity contribution in [1.82, 2.24) is 5.43 Å². The molecule has 0 spiro atoms. The summed E-state index contributed by atoms with van der Waals surface area (Å²) in [5.41, 5.74) is 4.05. The molecular formula is C17H19N3O3. The maximum absolute atomic E-state index is 11.7. The number of rotatable bonds is 7. The zero-order chi connectivity index (χ0) is 16.5. The molecule has 1 amide bonds. The summed E-state index contributed by atoms with van der Waals surface area (Å²) in [6, 6.07) is 14.9. The lowest BCUT2D eigenvalue weighted by Crippen LogP contribution is -2.25. The Morgan fingerprint density at radius 1 is 1.09 bits per heavy atom. The van der Waals surface area contributed by atoms with E-state index in [4.69, 9.17) is 9.47 Å². The zero-order valence-electron chi connectivity index (χ0n) is 13.1. The van der Waals surface area contributed by atoms with E-state index in [1.807, 2.05) is 42.5 Å². The van der Waals surface area contributed by atoms with Gasteiger partial charge in [-0.05, 0) is 24.3 Å². The van der Waals surface area contributed by atoms with Crippen LogP contribution in [0.2, 0.25) is 0 Å². The predicted molar refractivity (Wildman–Crippen MR) is 90.2 cm³/mol. The fraction of sp³-hybridized carbons (Fsp3) is 0.176. The monoisotopic (exact) mass is 313 g/mol. The Bertz CT molecular complexity index is 672. The molecule has 0 radical (unpaired) electrons. The van der Waals surface area contributed by atoms with Crippen LogP contribution in [0.3, 0.4) is 0 Å². The van der Waals surface area contributed by atoms with E-state index >= 15 is 0 Å². The molecule has 6 heteroatoms. The molecule has 2 aromatic rings. The van der Waals surface area contributed by atoms with Crippen molar-refractivity contribution < 1.29 is 14.3 Å². The minimum absolute atomic E-state index is 0.136. The summed E-state index contributed by atoms with van der Waals surface area (Å²) in [6.07, 6.45) is 1.52. The minimum atomic E-state index is -0.244. The number of anilines is 1. The van der Waals surface area contributed by atoms with Crippen molar-refractivity contribution in [2.24, 2.45) is 5.10 Å². The van der Waals surface area contributed by atoms with E-state index < -0.39 is 0 Å². The van der Waals surface area contributed by atoms with E-state index in [2.05, 4.69) is 15.8 Å². The molecule has 0 saturated heterocycles. The lowest BCUT2D eigenvalue weighted by atomic mass is 10.2. The largest absolute Gasteiger partial charge is 0.493 e. The van der Waals surface area contributed by atoms with Crippen LogP contribution in [0.15, 0.2) is 53.6 Å². The van der Waals surface area contributed by atoms with Crippen molar-refractivity contribution in [2.75, 3.05) is 26.1 Å². The quantitative estimate of drug-likeness (QED) is 0.607. The van der Waals surface area contributed by atoms with Gasteiger partial charge in [0.25, 0.3) is 5.91 Å². The van der Waals surface area contributed by atoms with Gasteiger partial charge in [-0.2, -0.15) is 5.10 Å². The van der Waals surface area contributed by atoms with Gasteiger partial charge < -0.3 is 14.8 Å². The molecule has 2 rings (SSSR count). The molecule has 0 aliphatic carbocycles. The maximum atomic E-state index is 11.7. The summed E-state index contributed by atoms with van der Waals surface area (Å²) in [5.74, 6) is 0.927. The van der Waals surface area contributed by atoms with E-state index in [0.717, 1.165) is 5.69 Å². The number of nitrogens with zero attached hydrogens (tertiary/aromatic N) is 1. The Morgan fingerprint density at radius 3 is 2.57 bits per heavy atom. The lowest BCUT2D eigenvalue weighted by Gasteiger charge is -2.09. The molecule has 23 heavy (non-hydrogen) atoms. The molecule has 0 atom stereocenters. The topological polar surface area (TPSA) is 72.0 Å². The van der Waals surface area contributed by atoms with Crippen LogP contribution in [-0.2, 0) is 4.79 Å². The lowest BCUT2D eigenvalue weighted by molar-refractivity contribution is -0.119. The fourth-order valence-corrected chi connectivity index (χ4v) is 1.97. The van der Waals surface area contributed by atoms with Crippen molar-refractivity contribution >= 4 is 17.8 Å². The van der Waals surface area contributed by atoms with Crippen molar-refractivity contribution in [1.29, 1.82) is 0 Å². The van der Waals surface area contributed by atoms with E-state index in [1.54, 1.807) is 20.3 Å². The highest BCUT2D eigenvalue weighted by atomic mass is 16.5. The molecule has 2 N–H and O–H groups in total. The number of carbonyl (C=O) groups excluding carboxylic acids is 1. The van der Waals surface area contributed by atoms with Gasteiger partial charge in [-0.25, -0.2) is 5.43 Å². The SMILES string of the molecule is COc1cccc(/C=N\NC(=O)CNc2ccccc2)c1OC. The number of hydrogen-bond donors (Lipinski definition) is 2. The first-order valence-electron chi connectivity index (χ1n) is 7.06. The smallest absolute Gasteiger partial charge is 0.259 e. The summed E-state index contributed by atoms with van der Waals surface area (Å²) in [5, 5.41) is 6.94. The number of methoxy groups -OCH3 is 2. The molecular weight excluding hydrogens is 294 g/mol. The highest BCUT2D eigenvalue weighted by Crippen LogP contribution is 2.29. The number of nitrogens with one attached hydrogen (secondary N) is 2. The summed E-state index contributed by atoms with van der Waals surface area (Å²) < 4.78 is 10.5. The van der Waals surface area contributed by atoms with Crippen molar-refractivity contribution in [3.8, 4) is 11.5 Å². The fourth-order valence-electron chi connectivity index (χ4n) is 1.97. The van der Waals surface area contributed by atoms with Crippen LogP contribution in [0, 0.1) is 0 Å². The van der Waals surface area contributed by atoms with Gasteiger partial charge in [0.1, 0.15) is 0 Å². The van der Waals surface area contributed by atoms with E-state index in [9.17, 15) is 4.79 Å². The minimum Gasteiger partial charge on any atom is -0.493 e. The highest BCUT2D eigenvalue weighted by Gasteiger charge is 2.07. The van der Waals surface area contributed by atoms with Crippen molar-refractivity contribution in [3.05, 3.63) is 54.1 Å². The molecule has 0 unspecified atom stereocenters. The van der Waals surface area contributed by atoms with Crippen LogP contribution in [0.1, 0.15) is 5.56 Å². The van der Waals surface area contributed by atoms with Crippen LogP contribution in [-0.4, -0.2) is 32.9 Å². The first-order chi connectivity index (χ1) is 11.2. The van der Waals surface area contributed by atoms with Gasteiger partial charge in [0.2, 0.25) is 0 Å². The number of hydrogen-bond acceptors (Lipinski definition) is 5. The first-order valence-corrected chi connectivity index (χ1v) is 7.06. The van der Waals surface area contributed by atoms with Crippen LogP contribution in [0.4, 0.5) is 5.69 Å². The zero-order valence-corrected chi connectivity index (χ0v) is 13.1. The Balaban J connectivity index is 1.90. The van der Waals surface area contributed by atoms with E-state index in [-0.39, 0.29) is 12.5 Å². The van der Waals surface area contributed by atoms with Gasteiger partial charge in [-0.15, -0.1) is 0 Å². The molecule has 0 aliphatic rings. The van der Waals surface area contributed by atoms with E-state index in [0.29, 0.717) is 17.1 Å². The molecule has 0 heterocycles. The number of ether oxygens (including phenoxy) is 2.